The Morgan fingerprint density at radius 3 is 0.782 bits per heavy atom. The van der Waals surface area contributed by atoms with Gasteiger partial charge in [0.1, 0.15) is 19.8 Å². The highest BCUT2D eigenvalue weighted by Gasteiger charge is 2.27. The standard InChI is InChI=1S/C91H178NO8P/c1-6-8-10-12-14-16-18-20-22-24-26-28-30-32-34-36-38-40-42-44-45-46-48-49-51-53-55-57-59-61-63-65-67-69-71-73-75-77-79-81-83-90(93)97-87-89(88-99-101(95,96)98-86-85-92(3,4)5)100-91(94)84-82-80-78-76-74-72-70-68-66-64-62-60-58-56-54-52-50-47-43-41-39-37-35-33-31-29-27-25-23-21-19-17-15-13-11-9-7-2/h19,21,25,27,89H,6-18,20,22-24,26,28-88H2,1-5H3/p+1/b21-19-,27-25-. The summed E-state index contributed by atoms with van der Waals surface area (Å²) in [6.45, 7) is 4.53. The molecule has 0 aromatic rings. The molecule has 600 valence electrons. The van der Waals surface area contributed by atoms with Crippen LogP contribution in [-0.4, -0.2) is 74.9 Å². The van der Waals surface area contributed by atoms with E-state index in [4.69, 9.17) is 18.5 Å². The molecule has 0 rings (SSSR count). The molecular weight excluding hydrogens is 1270 g/mol. The molecular formula is C91H179NO8P+. The highest BCUT2D eigenvalue weighted by atomic mass is 31.2. The largest absolute Gasteiger partial charge is 0.472 e. The van der Waals surface area contributed by atoms with Gasteiger partial charge in [0.05, 0.1) is 27.7 Å². The minimum absolute atomic E-state index is 0.0366. The third kappa shape index (κ3) is 87.3. The van der Waals surface area contributed by atoms with Gasteiger partial charge < -0.3 is 18.9 Å². The van der Waals surface area contributed by atoms with Crippen LogP contribution in [0, 0.1) is 0 Å². The first kappa shape index (κ1) is 99.5. The number of hydrogen-bond acceptors (Lipinski definition) is 7. The molecule has 0 spiro atoms. The molecule has 0 radical (unpaired) electrons. The fourth-order valence-electron chi connectivity index (χ4n) is 14.3. The van der Waals surface area contributed by atoms with Gasteiger partial charge in [0.25, 0.3) is 0 Å². The Kier molecular flexibility index (Phi) is 81.3. The van der Waals surface area contributed by atoms with Crippen molar-refractivity contribution in [3.63, 3.8) is 0 Å². The van der Waals surface area contributed by atoms with Gasteiger partial charge in [-0.05, 0) is 44.9 Å². The van der Waals surface area contributed by atoms with Crippen LogP contribution in [0.2, 0.25) is 0 Å². The molecule has 0 aromatic heterocycles. The van der Waals surface area contributed by atoms with Gasteiger partial charge in [-0.25, -0.2) is 4.57 Å². The van der Waals surface area contributed by atoms with Gasteiger partial charge in [0, 0.05) is 12.8 Å². The van der Waals surface area contributed by atoms with Crippen molar-refractivity contribution < 1.29 is 42.1 Å². The lowest BCUT2D eigenvalue weighted by Gasteiger charge is -2.24. The van der Waals surface area contributed by atoms with Crippen molar-refractivity contribution >= 4 is 19.8 Å². The van der Waals surface area contributed by atoms with E-state index in [-0.39, 0.29) is 25.6 Å². The van der Waals surface area contributed by atoms with Crippen LogP contribution in [0.25, 0.3) is 0 Å². The smallest absolute Gasteiger partial charge is 0.462 e. The lowest BCUT2D eigenvalue weighted by Crippen LogP contribution is -2.37. The summed E-state index contributed by atoms with van der Waals surface area (Å²) in [6, 6.07) is 0. The van der Waals surface area contributed by atoms with Crippen molar-refractivity contribution in [3.8, 4) is 0 Å². The van der Waals surface area contributed by atoms with E-state index in [1.165, 1.54) is 424 Å². The number of phosphoric acid groups is 1. The zero-order chi connectivity index (χ0) is 73.3. The Balaban J connectivity index is 3.82. The molecule has 0 amide bonds. The third-order valence-electron chi connectivity index (χ3n) is 21.2. The fraction of sp³-hybridized carbons (Fsp3) is 0.934. The first-order valence-corrected chi connectivity index (χ1v) is 47.1. The summed E-state index contributed by atoms with van der Waals surface area (Å²) in [4.78, 5) is 36.1. The van der Waals surface area contributed by atoms with Crippen LogP contribution in [0.1, 0.15) is 495 Å². The Hall–Kier alpha value is -1.51. The van der Waals surface area contributed by atoms with Gasteiger partial charge in [-0.1, -0.05) is 462 Å². The molecule has 10 heteroatoms. The van der Waals surface area contributed by atoms with E-state index in [0.717, 1.165) is 44.9 Å². The van der Waals surface area contributed by atoms with E-state index in [0.29, 0.717) is 17.4 Å². The number of carbonyl (C=O) groups excluding carboxylic acids is 2. The molecule has 0 bridgehead atoms. The number of carbonyl (C=O) groups is 2. The maximum absolute atomic E-state index is 12.9. The summed E-state index contributed by atoms with van der Waals surface area (Å²) in [5.41, 5.74) is 0. The molecule has 0 saturated heterocycles. The predicted molar refractivity (Wildman–Crippen MR) is 441 cm³/mol. The molecule has 0 aliphatic heterocycles. The van der Waals surface area contributed by atoms with Gasteiger partial charge in [-0.15, -0.1) is 0 Å². The zero-order valence-corrected chi connectivity index (χ0v) is 69.8. The lowest BCUT2D eigenvalue weighted by molar-refractivity contribution is -0.870. The molecule has 0 aliphatic carbocycles. The zero-order valence-electron chi connectivity index (χ0n) is 68.9. The van der Waals surface area contributed by atoms with Gasteiger partial charge in [-0.2, -0.15) is 0 Å². The number of rotatable bonds is 87. The molecule has 0 aromatic carbocycles. The summed E-state index contributed by atoms with van der Waals surface area (Å²) in [6.07, 6.45) is 108. The third-order valence-corrected chi connectivity index (χ3v) is 22.2. The van der Waals surface area contributed by atoms with Crippen molar-refractivity contribution in [1.29, 1.82) is 0 Å². The second kappa shape index (κ2) is 82.5. The summed E-state index contributed by atoms with van der Waals surface area (Å²) in [5, 5.41) is 0. The van der Waals surface area contributed by atoms with Crippen LogP contribution in [0.5, 0.6) is 0 Å². The van der Waals surface area contributed by atoms with Gasteiger partial charge in [-0.3, -0.25) is 18.6 Å². The van der Waals surface area contributed by atoms with Crippen LogP contribution in [0.4, 0.5) is 0 Å². The Morgan fingerprint density at radius 1 is 0.307 bits per heavy atom. The molecule has 9 nitrogen and oxygen atoms in total. The number of hydrogen-bond donors (Lipinski definition) is 1. The highest BCUT2D eigenvalue weighted by molar-refractivity contribution is 7.47. The van der Waals surface area contributed by atoms with E-state index in [1.807, 2.05) is 21.1 Å². The van der Waals surface area contributed by atoms with Gasteiger partial charge >= 0.3 is 19.8 Å². The summed E-state index contributed by atoms with van der Waals surface area (Å²) < 4.78 is 34.9. The van der Waals surface area contributed by atoms with Crippen molar-refractivity contribution in [2.24, 2.45) is 0 Å². The molecule has 101 heavy (non-hydrogen) atoms. The number of esters is 2. The van der Waals surface area contributed by atoms with Crippen molar-refractivity contribution in [1.82, 2.24) is 0 Å². The minimum atomic E-state index is -4.39. The van der Waals surface area contributed by atoms with Crippen LogP contribution in [0.15, 0.2) is 24.3 Å². The Labute approximate surface area is 631 Å². The number of ether oxygens (including phenoxy) is 2. The van der Waals surface area contributed by atoms with E-state index < -0.39 is 26.5 Å². The van der Waals surface area contributed by atoms with Crippen molar-refractivity contribution in [3.05, 3.63) is 24.3 Å². The highest BCUT2D eigenvalue weighted by Crippen LogP contribution is 2.43. The summed E-state index contributed by atoms with van der Waals surface area (Å²) in [7, 11) is 1.51. The minimum Gasteiger partial charge on any atom is -0.462 e. The number of nitrogens with zero attached hydrogens (tertiary/aromatic N) is 1. The molecule has 0 saturated carbocycles. The first-order valence-electron chi connectivity index (χ1n) is 45.6. The van der Waals surface area contributed by atoms with Crippen molar-refractivity contribution in [2.75, 3.05) is 47.5 Å². The number of quaternary nitrogens is 1. The maximum atomic E-state index is 12.9. The Morgan fingerprint density at radius 2 is 0.535 bits per heavy atom. The predicted octanol–water partition coefficient (Wildman–Crippen LogP) is 30.7. The van der Waals surface area contributed by atoms with Crippen molar-refractivity contribution in [2.45, 2.75) is 502 Å². The monoisotopic (exact) mass is 1450 g/mol. The molecule has 0 heterocycles. The quantitative estimate of drug-likeness (QED) is 0.0211. The van der Waals surface area contributed by atoms with Gasteiger partial charge in [0.15, 0.2) is 6.10 Å². The molecule has 0 aliphatic rings. The molecule has 1 N–H and O–H groups in total. The van der Waals surface area contributed by atoms with Crippen LogP contribution in [-0.2, 0) is 32.7 Å². The summed E-state index contributed by atoms with van der Waals surface area (Å²) >= 11 is 0. The average molecular weight is 1450 g/mol. The fourth-order valence-corrected chi connectivity index (χ4v) is 15.0. The number of allylic oxidation sites excluding steroid dienone is 4. The number of likely N-dealkylation sites (N-methyl/N-ethyl adjacent to an activating group) is 1. The van der Waals surface area contributed by atoms with E-state index in [2.05, 4.69) is 38.2 Å². The van der Waals surface area contributed by atoms with Crippen LogP contribution in [0.3, 0.4) is 0 Å². The van der Waals surface area contributed by atoms with Gasteiger partial charge in [0.2, 0.25) is 0 Å². The SMILES string of the molecule is CCCCCCC/C=C\C/C=C\CCCCCCCCCCCCCCCCCCCCCCCCCCCC(=O)OC(COC(=O)CCCCCCCCCCCCCCCCCCCCCCCCCCCCCCCCCCCCCCCCCC)COP(=O)(O)OCC[N+](C)(C)C. The van der Waals surface area contributed by atoms with E-state index >= 15 is 0 Å². The Bertz CT molecular complexity index is 1750. The number of phosphoric ester groups is 1. The van der Waals surface area contributed by atoms with E-state index in [9.17, 15) is 19.0 Å². The summed E-state index contributed by atoms with van der Waals surface area (Å²) in [5.74, 6) is -0.765. The van der Waals surface area contributed by atoms with Crippen LogP contribution >= 0.6 is 7.82 Å². The molecule has 2 unspecified atom stereocenters. The average Bonchev–Trinajstić information content (AvgIpc) is 0.958. The second-order valence-electron chi connectivity index (χ2n) is 32.7. The topological polar surface area (TPSA) is 108 Å². The first-order chi connectivity index (χ1) is 49.5. The maximum Gasteiger partial charge on any atom is 0.472 e. The second-order valence-corrected chi connectivity index (χ2v) is 34.2. The molecule has 0 fully saturated rings. The van der Waals surface area contributed by atoms with Crippen LogP contribution < -0.4 is 0 Å². The lowest BCUT2D eigenvalue weighted by atomic mass is 10.0. The number of unbranched alkanes of at least 4 members (excludes halogenated alkanes) is 69. The van der Waals surface area contributed by atoms with E-state index in [1.54, 1.807) is 0 Å². The molecule has 2 atom stereocenters. The normalized spacial score (nSPS) is 13.0.